The van der Waals surface area contributed by atoms with E-state index in [1.165, 1.54) is 0 Å². The zero-order chi connectivity index (χ0) is 19.8. The summed E-state index contributed by atoms with van der Waals surface area (Å²) in [5, 5.41) is 0. The Morgan fingerprint density at radius 1 is 0.769 bits per heavy atom. The van der Waals surface area contributed by atoms with Crippen molar-refractivity contribution in [2.45, 2.75) is 65.8 Å². The van der Waals surface area contributed by atoms with Crippen molar-refractivity contribution in [1.82, 2.24) is 21.7 Å². The molecule has 1 rings (SSSR count). The Hall–Kier alpha value is -2.32. The van der Waals surface area contributed by atoms with Crippen LogP contribution in [0, 0.1) is 0 Å². The van der Waals surface area contributed by atoms with Gasteiger partial charge in [0.2, 0.25) is 0 Å². The molecule has 8 nitrogen and oxygen atoms in total. The van der Waals surface area contributed by atoms with Crippen molar-refractivity contribution in [2.24, 2.45) is 0 Å². The number of nitrogens with one attached hydrogen (secondary N) is 4. The molecule has 0 atom stereocenters. The highest BCUT2D eigenvalue weighted by atomic mass is 16.6. The largest absolute Gasteiger partial charge is 0.443 e. The molecule has 0 fully saturated rings. The Balaban J connectivity index is 2.45. The number of hydrogen-bond acceptors (Lipinski definition) is 6. The van der Waals surface area contributed by atoms with Crippen LogP contribution in [0.3, 0.4) is 0 Å². The van der Waals surface area contributed by atoms with Gasteiger partial charge in [-0.3, -0.25) is 10.9 Å². The van der Waals surface area contributed by atoms with Crippen LogP contribution in [-0.2, 0) is 22.6 Å². The molecule has 0 bridgehead atoms. The van der Waals surface area contributed by atoms with Gasteiger partial charge in [-0.15, -0.1) is 0 Å². The second-order valence-electron chi connectivity index (χ2n) is 7.73. The van der Waals surface area contributed by atoms with Crippen LogP contribution < -0.4 is 21.7 Å². The van der Waals surface area contributed by atoms with Gasteiger partial charge in [0.15, 0.2) is 0 Å². The van der Waals surface area contributed by atoms with Crippen molar-refractivity contribution in [3.8, 4) is 0 Å². The number of hydrogen-bond donors (Lipinski definition) is 4. The molecular formula is C18H30N4O4. The number of carbonyl (C=O) groups excluding carboxylic acids is 2. The van der Waals surface area contributed by atoms with E-state index in [2.05, 4.69) is 21.7 Å². The van der Waals surface area contributed by atoms with E-state index in [1.54, 1.807) is 41.5 Å². The van der Waals surface area contributed by atoms with Crippen LogP contribution in [0.25, 0.3) is 0 Å². The Labute approximate surface area is 155 Å². The van der Waals surface area contributed by atoms with Gasteiger partial charge in [-0.25, -0.2) is 20.4 Å². The average molecular weight is 366 g/mol. The molecule has 0 aliphatic carbocycles. The molecule has 0 unspecified atom stereocenters. The van der Waals surface area contributed by atoms with Gasteiger partial charge in [0, 0.05) is 13.1 Å². The summed E-state index contributed by atoms with van der Waals surface area (Å²) in [5.74, 6) is 0. The fourth-order valence-corrected chi connectivity index (χ4v) is 1.93. The Kier molecular flexibility index (Phi) is 7.85. The molecule has 146 valence electrons. The molecule has 0 aromatic heterocycles. The van der Waals surface area contributed by atoms with E-state index in [-0.39, 0.29) is 0 Å². The Morgan fingerprint density at radius 3 is 1.42 bits per heavy atom. The lowest BCUT2D eigenvalue weighted by molar-refractivity contribution is 0.0484. The third kappa shape index (κ3) is 9.85. The maximum atomic E-state index is 11.6. The van der Waals surface area contributed by atoms with Crippen LogP contribution in [0.4, 0.5) is 9.59 Å². The van der Waals surface area contributed by atoms with Crippen molar-refractivity contribution < 1.29 is 19.1 Å². The maximum Gasteiger partial charge on any atom is 0.422 e. The summed E-state index contributed by atoms with van der Waals surface area (Å²) < 4.78 is 10.3. The fourth-order valence-electron chi connectivity index (χ4n) is 1.93. The Bertz CT molecular complexity index is 553. The van der Waals surface area contributed by atoms with Crippen molar-refractivity contribution in [2.75, 3.05) is 0 Å². The van der Waals surface area contributed by atoms with Gasteiger partial charge < -0.3 is 9.47 Å². The molecule has 0 aliphatic rings. The van der Waals surface area contributed by atoms with Crippen molar-refractivity contribution in [1.29, 1.82) is 0 Å². The molecule has 1 aromatic rings. The summed E-state index contributed by atoms with van der Waals surface area (Å²) in [4.78, 5) is 23.3. The number of amides is 2. The number of carbonyl (C=O) groups is 2. The zero-order valence-corrected chi connectivity index (χ0v) is 16.4. The third-order valence-corrected chi connectivity index (χ3v) is 2.85. The highest BCUT2D eigenvalue weighted by molar-refractivity contribution is 5.67. The van der Waals surface area contributed by atoms with Crippen LogP contribution in [0.1, 0.15) is 52.7 Å². The van der Waals surface area contributed by atoms with E-state index < -0.39 is 23.4 Å². The predicted octanol–water partition coefficient (Wildman–Crippen LogP) is 2.75. The molecule has 0 heterocycles. The van der Waals surface area contributed by atoms with Crippen LogP contribution in [0.5, 0.6) is 0 Å². The van der Waals surface area contributed by atoms with E-state index in [1.807, 2.05) is 24.3 Å². The first-order chi connectivity index (χ1) is 12.0. The van der Waals surface area contributed by atoms with E-state index in [0.717, 1.165) is 11.1 Å². The quantitative estimate of drug-likeness (QED) is 0.578. The van der Waals surface area contributed by atoms with Crippen LogP contribution in [0.15, 0.2) is 24.3 Å². The van der Waals surface area contributed by atoms with Crippen molar-refractivity contribution in [3.63, 3.8) is 0 Å². The molecule has 0 saturated heterocycles. The second-order valence-corrected chi connectivity index (χ2v) is 7.73. The summed E-state index contributed by atoms with van der Waals surface area (Å²) in [5.41, 5.74) is 11.5. The summed E-state index contributed by atoms with van der Waals surface area (Å²) in [7, 11) is 0. The molecule has 0 aliphatic heterocycles. The van der Waals surface area contributed by atoms with Gasteiger partial charge >= 0.3 is 12.2 Å². The van der Waals surface area contributed by atoms with Gasteiger partial charge in [0.05, 0.1) is 0 Å². The molecule has 2 amide bonds. The number of hydrazine groups is 2. The summed E-state index contributed by atoms with van der Waals surface area (Å²) in [6, 6.07) is 7.65. The third-order valence-electron chi connectivity index (χ3n) is 2.85. The zero-order valence-electron chi connectivity index (χ0n) is 16.4. The fraction of sp³-hybridized carbons (Fsp3) is 0.556. The van der Waals surface area contributed by atoms with E-state index in [0.29, 0.717) is 13.1 Å². The summed E-state index contributed by atoms with van der Waals surface area (Å²) in [6.07, 6.45) is -1.08. The smallest absolute Gasteiger partial charge is 0.422 e. The minimum absolute atomic E-state index is 0.406. The van der Waals surface area contributed by atoms with Gasteiger partial charge in [-0.1, -0.05) is 24.3 Å². The monoisotopic (exact) mass is 366 g/mol. The van der Waals surface area contributed by atoms with Gasteiger partial charge in [-0.05, 0) is 52.7 Å². The topological polar surface area (TPSA) is 101 Å². The lowest BCUT2D eigenvalue weighted by Crippen LogP contribution is -2.42. The van der Waals surface area contributed by atoms with Crippen molar-refractivity contribution >= 4 is 12.2 Å². The minimum Gasteiger partial charge on any atom is -0.443 e. The summed E-state index contributed by atoms with van der Waals surface area (Å²) in [6.45, 7) is 11.6. The number of benzene rings is 1. The molecule has 0 saturated carbocycles. The predicted molar refractivity (Wildman–Crippen MR) is 98.9 cm³/mol. The van der Waals surface area contributed by atoms with Crippen LogP contribution in [-0.4, -0.2) is 23.4 Å². The minimum atomic E-state index is -0.555. The highest BCUT2D eigenvalue weighted by Gasteiger charge is 2.16. The first-order valence-corrected chi connectivity index (χ1v) is 8.47. The Morgan fingerprint density at radius 2 is 1.12 bits per heavy atom. The molecule has 0 spiro atoms. The molecule has 8 heteroatoms. The van der Waals surface area contributed by atoms with Gasteiger partial charge in [-0.2, -0.15) is 0 Å². The molecule has 0 radical (unpaired) electrons. The van der Waals surface area contributed by atoms with Gasteiger partial charge in [0.1, 0.15) is 11.2 Å². The van der Waals surface area contributed by atoms with Crippen molar-refractivity contribution in [3.05, 3.63) is 35.4 Å². The lowest BCUT2D eigenvalue weighted by Gasteiger charge is -2.20. The highest BCUT2D eigenvalue weighted by Crippen LogP contribution is 2.09. The van der Waals surface area contributed by atoms with Gasteiger partial charge in [0.25, 0.3) is 0 Å². The second kappa shape index (κ2) is 9.40. The lowest BCUT2D eigenvalue weighted by atomic mass is 10.1. The molecule has 4 N–H and O–H groups in total. The molecular weight excluding hydrogens is 336 g/mol. The first kappa shape index (κ1) is 21.7. The van der Waals surface area contributed by atoms with Crippen LogP contribution >= 0.6 is 0 Å². The van der Waals surface area contributed by atoms with Crippen LogP contribution in [0.2, 0.25) is 0 Å². The average Bonchev–Trinajstić information content (AvgIpc) is 2.45. The standard InChI is InChI=1S/C18H30N4O4/c1-17(2,3)25-15(23)21-19-11-13-9-7-8-10-14(13)12-20-22-16(24)26-18(4,5)6/h7-10,19-20H,11-12H2,1-6H3,(H,21,23)(H,22,24). The normalized spacial score (nSPS) is 11.6. The first-order valence-electron chi connectivity index (χ1n) is 8.47. The summed E-state index contributed by atoms with van der Waals surface area (Å²) >= 11 is 0. The molecule has 26 heavy (non-hydrogen) atoms. The van der Waals surface area contributed by atoms with E-state index in [9.17, 15) is 9.59 Å². The SMILES string of the molecule is CC(C)(C)OC(=O)NNCc1ccccc1CNNC(=O)OC(C)(C)C. The number of rotatable bonds is 6. The molecule has 1 aromatic carbocycles. The number of ether oxygens (including phenoxy) is 2. The van der Waals surface area contributed by atoms with E-state index in [4.69, 9.17) is 9.47 Å². The van der Waals surface area contributed by atoms with E-state index >= 15 is 0 Å². The maximum absolute atomic E-state index is 11.6.